The molecule has 3 rings (SSSR count). The number of nitro benzene ring substituents is 1. The minimum atomic E-state index is -4.53. The Labute approximate surface area is 147 Å². The van der Waals surface area contributed by atoms with Crippen molar-refractivity contribution in [3.63, 3.8) is 0 Å². The van der Waals surface area contributed by atoms with E-state index in [4.69, 9.17) is 0 Å². The average Bonchev–Trinajstić information content (AvgIpc) is 2.57. The highest BCUT2D eigenvalue weighted by atomic mass is 19.4. The molecule has 0 aliphatic carbocycles. The van der Waals surface area contributed by atoms with Crippen LogP contribution in [-0.2, 0) is 11.6 Å². The normalized spacial score (nSPS) is 16.3. The summed E-state index contributed by atoms with van der Waals surface area (Å²) in [5.74, 6) is -0.553. The summed E-state index contributed by atoms with van der Waals surface area (Å²) in [6, 6.07) is 8.55. The fourth-order valence-electron chi connectivity index (χ4n) is 3.17. The Hall–Kier alpha value is -2.90. The van der Waals surface area contributed by atoms with E-state index < -0.39 is 28.0 Å². The van der Waals surface area contributed by atoms with Crippen LogP contribution in [-0.4, -0.2) is 17.4 Å². The third-order valence-electron chi connectivity index (χ3n) is 4.46. The van der Waals surface area contributed by atoms with Crippen molar-refractivity contribution in [1.82, 2.24) is 0 Å². The van der Waals surface area contributed by atoms with Crippen molar-refractivity contribution >= 4 is 17.3 Å². The van der Waals surface area contributed by atoms with Crippen molar-refractivity contribution in [2.45, 2.75) is 25.4 Å². The maximum atomic E-state index is 13.0. The van der Waals surface area contributed by atoms with Crippen LogP contribution < -0.4 is 4.90 Å². The Kier molecular flexibility index (Phi) is 4.01. The first-order chi connectivity index (χ1) is 12.0. The van der Waals surface area contributed by atoms with Gasteiger partial charge in [0.15, 0.2) is 0 Å². The standard InChI is InChI=1S/C18H15F3N2O3/c1-17(2)10-22(12-5-3-4-11(8-12)18(19,20)21)16(24)14-9-13(23(25)26)6-7-15(14)17/h3-9H,10H2,1-2H3. The molecule has 8 heteroatoms. The van der Waals surface area contributed by atoms with E-state index in [0.717, 1.165) is 12.1 Å². The predicted molar refractivity (Wildman–Crippen MR) is 89.2 cm³/mol. The molecule has 2 aromatic carbocycles. The lowest BCUT2D eigenvalue weighted by Crippen LogP contribution is -2.47. The van der Waals surface area contributed by atoms with Crippen LogP contribution in [0.15, 0.2) is 42.5 Å². The van der Waals surface area contributed by atoms with Crippen LogP contribution in [0, 0.1) is 10.1 Å². The number of rotatable bonds is 2. The van der Waals surface area contributed by atoms with Crippen molar-refractivity contribution < 1.29 is 22.9 Å². The molecule has 0 spiro atoms. The smallest absolute Gasteiger partial charge is 0.307 e. The number of non-ortho nitro benzene ring substituents is 1. The van der Waals surface area contributed by atoms with Gasteiger partial charge in [0, 0.05) is 29.8 Å². The van der Waals surface area contributed by atoms with E-state index in [0.29, 0.717) is 5.56 Å². The van der Waals surface area contributed by atoms with Crippen LogP contribution in [0.2, 0.25) is 0 Å². The molecule has 1 aliphatic heterocycles. The SMILES string of the molecule is CC1(C)CN(c2cccc(C(F)(F)F)c2)C(=O)c2cc([N+](=O)[O-])ccc21. The molecule has 1 amide bonds. The van der Waals surface area contributed by atoms with Gasteiger partial charge in [-0.3, -0.25) is 14.9 Å². The third kappa shape index (κ3) is 3.02. The van der Waals surface area contributed by atoms with Crippen molar-refractivity contribution in [2.24, 2.45) is 0 Å². The number of anilines is 1. The van der Waals surface area contributed by atoms with E-state index in [1.165, 1.54) is 35.2 Å². The second-order valence-corrected chi connectivity index (χ2v) is 6.81. The quantitative estimate of drug-likeness (QED) is 0.580. The topological polar surface area (TPSA) is 63.5 Å². The highest BCUT2D eigenvalue weighted by Crippen LogP contribution is 2.38. The minimum absolute atomic E-state index is 0.107. The third-order valence-corrected chi connectivity index (χ3v) is 4.46. The van der Waals surface area contributed by atoms with Crippen LogP contribution in [0.1, 0.15) is 35.3 Å². The first-order valence-electron chi connectivity index (χ1n) is 7.79. The number of amides is 1. The number of nitrogens with zero attached hydrogens (tertiary/aromatic N) is 2. The number of fused-ring (bicyclic) bond motifs is 1. The van der Waals surface area contributed by atoms with Crippen molar-refractivity contribution in [3.05, 3.63) is 69.3 Å². The molecular weight excluding hydrogens is 349 g/mol. The zero-order valence-corrected chi connectivity index (χ0v) is 14.0. The maximum Gasteiger partial charge on any atom is 0.416 e. The van der Waals surface area contributed by atoms with Crippen molar-refractivity contribution in [1.29, 1.82) is 0 Å². The lowest BCUT2D eigenvalue weighted by molar-refractivity contribution is -0.384. The van der Waals surface area contributed by atoms with E-state index in [1.807, 2.05) is 13.8 Å². The van der Waals surface area contributed by atoms with E-state index in [-0.39, 0.29) is 23.5 Å². The molecule has 136 valence electrons. The predicted octanol–water partition coefficient (Wildman–Crippen LogP) is 4.55. The van der Waals surface area contributed by atoms with E-state index in [9.17, 15) is 28.1 Å². The van der Waals surface area contributed by atoms with Crippen molar-refractivity contribution in [3.8, 4) is 0 Å². The molecule has 1 aliphatic rings. The summed E-state index contributed by atoms with van der Waals surface area (Å²) < 4.78 is 39.0. The van der Waals surface area contributed by atoms with Gasteiger partial charge in [-0.1, -0.05) is 26.0 Å². The Morgan fingerprint density at radius 3 is 2.46 bits per heavy atom. The van der Waals surface area contributed by atoms with Crippen LogP contribution in [0.4, 0.5) is 24.5 Å². The number of hydrogen-bond donors (Lipinski definition) is 0. The van der Waals surface area contributed by atoms with Gasteiger partial charge in [0.05, 0.1) is 16.1 Å². The summed E-state index contributed by atoms with van der Waals surface area (Å²) in [5, 5.41) is 11.0. The summed E-state index contributed by atoms with van der Waals surface area (Å²) in [6.45, 7) is 3.84. The highest BCUT2D eigenvalue weighted by Gasteiger charge is 2.39. The van der Waals surface area contributed by atoms with Crippen molar-refractivity contribution in [2.75, 3.05) is 11.4 Å². The van der Waals surface area contributed by atoms with Gasteiger partial charge in [0.2, 0.25) is 0 Å². The fourth-order valence-corrected chi connectivity index (χ4v) is 3.17. The second-order valence-electron chi connectivity index (χ2n) is 6.81. The summed E-state index contributed by atoms with van der Waals surface area (Å²) in [5.41, 5.74) is -0.796. The summed E-state index contributed by atoms with van der Waals surface area (Å²) in [6.07, 6.45) is -4.53. The molecule has 26 heavy (non-hydrogen) atoms. The lowest BCUT2D eigenvalue weighted by Gasteiger charge is -2.39. The zero-order chi connectivity index (χ0) is 19.3. The van der Waals surface area contributed by atoms with Gasteiger partial charge >= 0.3 is 6.18 Å². The zero-order valence-electron chi connectivity index (χ0n) is 14.0. The number of carbonyl (C=O) groups excluding carboxylic acids is 1. The van der Waals surface area contributed by atoms with E-state index in [1.54, 1.807) is 0 Å². The van der Waals surface area contributed by atoms with Crippen LogP contribution in [0.3, 0.4) is 0 Å². The Morgan fingerprint density at radius 2 is 1.85 bits per heavy atom. The number of hydrogen-bond acceptors (Lipinski definition) is 3. The first-order valence-corrected chi connectivity index (χ1v) is 7.79. The second kappa shape index (κ2) is 5.82. The molecule has 0 radical (unpaired) electrons. The van der Waals surface area contributed by atoms with Gasteiger partial charge in [-0.2, -0.15) is 13.2 Å². The molecule has 0 bridgehead atoms. The molecular formula is C18H15F3N2O3. The average molecular weight is 364 g/mol. The van der Waals surface area contributed by atoms with Gasteiger partial charge in [-0.25, -0.2) is 0 Å². The van der Waals surface area contributed by atoms with Gasteiger partial charge < -0.3 is 4.90 Å². The van der Waals surface area contributed by atoms with Gasteiger partial charge in [0.25, 0.3) is 11.6 Å². The fraction of sp³-hybridized carbons (Fsp3) is 0.278. The van der Waals surface area contributed by atoms with E-state index >= 15 is 0 Å². The van der Waals surface area contributed by atoms with Gasteiger partial charge in [0.1, 0.15) is 0 Å². The molecule has 0 atom stereocenters. The number of nitro groups is 1. The number of halogens is 3. The van der Waals surface area contributed by atoms with Gasteiger partial charge in [-0.05, 0) is 23.8 Å². The molecule has 0 unspecified atom stereocenters. The summed E-state index contributed by atoms with van der Waals surface area (Å²) in [4.78, 5) is 24.5. The monoisotopic (exact) mass is 364 g/mol. The Balaban J connectivity index is 2.11. The van der Waals surface area contributed by atoms with Crippen LogP contribution >= 0.6 is 0 Å². The van der Waals surface area contributed by atoms with Crippen LogP contribution in [0.25, 0.3) is 0 Å². The van der Waals surface area contributed by atoms with Crippen LogP contribution in [0.5, 0.6) is 0 Å². The molecule has 1 heterocycles. The number of benzene rings is 2. The summed E-state index contributed by atoms with van der Waals surface area (Å²) in [7, 11) is 0. The van der Waals surface area contributed by atoms with Gasteiger partial charge in [-0.15, -0.1) is 0 Å². The molecule has 0 fully saturated rings. The Morgan fingerprint density at radius 1 is 1.15 bits per heavy atom. The molecule has 0 saturated heterocycles. The molecule has 0 N–H and O–H groups in total. The summed E-state index contributed by atoms with van der Waals surface area (Å²) >= 11 is 0. The number of carbonyl (C=O) groups is 1. The van der Waals surface area contributed by atoms with E-state index in [2.05, 4.69) is 0 Å². The highest BCUT2D eigenvalue weighted by molar-refractivity contribution is 6.09. The largest absolute Gasteiger partial charge is 0.416 e. The molecule has 0 saturated carbocycles. The molecule has 0 aromatic heterocycles. The number of alkyl halides is 3. The first kappa shape index (κ1) is 17.9. The Bertz CT molecular complexity index is 907. The lowest BCUT2D eigenvalue weighted by atomic mass is 9.77. The minimum Gasteiger partial charge on any atom is -0.307 e. The molecule has 2 aromatic rings. The maximum absolute atomic E-state index is 13.0. The molecule has 5 nitrogen and oxygen atoms in total.